The average molecular weight is 571 g/mol. The Bertz CT molecular complexity index is 1600. The first-order valence-electron chi connectivity index (χ1n) is 13.1. The second-order valence-electron chi connectivity index (χ2n) is 9.17. The van der Waals surface area contributed by atoms with Gasteiger partial charge in [0, 0.05) is 29.8 Å². The van der Waals surface area contributed by atoms with Crippen LogP contribution in [-0.4, -0.2) is 73.0 Å². The number of nitriles is 1. The van der Waals surface area contributed by atoms with Crippen LogP contribution in [0.5, 0.6) is 11.5 Å². The summed E-state index contributed by atoms with van der Waals surface area (Å²) >= 11 is 0. The Balaban J connectivity index is 1.75. The number of nitrogens with zero attached hydrogens (tertiary/aromatic N) is 4. The largest absolute Gasteiger partial charge is 0.493 e. The smallest absolute Gasteiger partial charge is 0.302 e. The van der Waals surface area contributed by atoms with Crippen molar-refractivity contribution in [2.45, 2.75) is 13.8 Å². The van der Waals surface area contributed by atoms with E-state index < -0.39 is 17.8 Å². The number of benzene rings is 2. The third-order valence-corrected chi connectivity index (χ3v) is 6.54. The third-order valence-electron chi connectivity index (χ3n) is 6.54. The lowest BCUT2D eigenvalue weighted by Gasteiger charge is -2.27. The van der Waals surface area contributed by atoms with Crippen LogP contribution in [0.4, 0.5) is 0 Å². The standard InChI is InChI=1S/C31H30N4O7/c1-20-25(30(37)34(31(38)26(20)18-32)12-13-41-14-15-42-21(2)36)16-23-19-35(24-8-6-5-7-9-24)33-29(23)22-10-11-27(39-3)28(17-22)40-4/h5-11,16-17,19H,12-15H2,1-4H3/b25-16+. The third kappa shape index (κ3) is 6.40. The number of carbonyl (C=O) groups excluding carboxylic acids is 3. The van der Waals surface area contributed by atoms with E-state index in [1.54, 1.807) is 43.1 Å². The van der Waals surface area contributed by atoms with E-state index in [9.17, 15) is 19.6 Å². The van der Waals surface area contributed by atoms with E-state index in [1.165, 1.54) is 14.0 Å². The number of imide groups is 1. The normalized spacial score (nSPS) is 14.3. The number of methoxy groups -OCH3 is 2. The van der Waals surface area contributed by atoms with E-state index in [0.717, 1.165) is 10.6 Å². The molecule has 0 spiro atoms. The number of para-hydroxylation sites is 1. The summed E-state index contributed by atoms with van der Waals surface area (Å²) in [4.78, 5) is 38.6. The van der Waals surface area contributed by atoms with E-state index >= 15 is 0 Å². The molecule has 0 N–H and O–H groups in total. The molecule has 0 fully saturated rings. The molecule has 1 aliphatic heterocycles. The molecular weight excluding hydrogens is 540 g/mol. The summed E-state index contributed by atoms with van der Waals surface area (Å²) in [6.07, 6.45) is 3.41. The molecule has 216 valence electrons. The van der Waals surface area contributed by atoms with E-state index in [4.69, 9.17) is 24.0 Å². The Hall–Kier alpha value is -5.21. The van der Waals surface area contributed by atoms with Crippen molar-refractivity contribution in [3.8, 4) is 34.5 Å². The zero-order valence-electron chi connectivity index (χ0n) is 23.7. The topological polar surface area (TPSA) is 133 Å². The minimum atomic E-state index is -0.694. The molecule has 0 aliphatic carbocycles. The summed E-state index contributed by atoms with van der Waals surface area (Å²) in [7, 11) is 3.09. The van der Waals surface area contributed by atoms with Gasteiger partial charge in [0.2, 0.25) is 0 Å². The van der Waals surface area contributed by atoms with E-state index in [2.05, 4.69) is 0 Å². The zero-order valence-corrected chi connectivity index (χ0v) is 23.7. The first kappa shape index (κ1) is 29.8. The van der Waals surface area contributed by atoms with Crippen molar-refractivity contribution in [1.29, 1.82) is 5.26 Å². The van der Waals surface area contributed by atoms with Gasteiger partial charge in [0.15, 0.2) is 11.5 Å². The minimum absolute atomic E-state index is 0.00656. The van der Waals surface area contributed by atoms with Crippen LogP contribution < -0.4 is 9.47 Å². The molecule has 0 bridgehead atoms. The number of hydrogen-bond acceptors (Lipinski definition) is 9. The van der Waals surface area contributed by atoms with Crippen LogP contribution in [-0.2, 0) is 23.9 Å². The predicted octanol–water partition coefficient (Wildman–Crippen LogP) is 3.73. The molecule has 4 rings (SSSR count). The van der Waals surface area contributed by atoms with Crippen LogP contribution in [0.2, 0.25) is 0 Å². The zero-order chi connectivity index (χ0) is 30.2. The fraction of sp³-hybridized carbons (Fsp3) is 0.258. The summed E-state index contributed by atoms with van der Waals surface area (Å²) in [5, 5.41) is 14.6. The summed E-state index contributed by atoms with van der Waals surface area (Å²) in [6.45, 7) is 2.94. The fourth-order valence-electron chi connectivity index (χ4n) is 4.40. The number of rotatable bonds is 11. The lowest BCUT2D eigenvalue weighted by Crippen LogP contribution is -2.44. The van der Waals surface area contributed by atoms with Crippen molar-refractivity contribution >= 4 is 23.9 Å². The van der Waals surface area contributed by atoms with Gasteiger partial charge in [0.25, 0.3) is 11.8 Å². The molecule has 0 radical (unpaired) electrons. The van der Waals surface area contributed by atoms with Crippen molar-refractivity contribution in [3.05, 3.63) is 77.0 Å². The molecule has 0 atom stereocenters. The van der Waals surface area contributed by atoms with Gasteiger partial charge in [-0.25, -0.2) is 4.68 Å². The summed E-state index contributed by atoms with van der Waals surface area (Å²) < 4.78 is 22.8. The molecule has 42 heavy (non-hydrogen) atoms. The molecule has 2 aromatic carbocycles. The first-order chi connectivity index (χ1) is 20.3. The van der Waals surface area contributed by atoms with Gasteiger partial charge in [0.1, 0.15) is 23.9 Å². The van der Waals surface area contributed by atoms with Crippen molar-refractivity contribution in [2.75, 3.05) is 40.6 Å². The van der Waals surface area contributed by atoms with Crippen LogP contribution >= 0.6 is 0 Å². The molecule has 11 nitrogen and oxygen atoms in total. The lowest BCUT2D eigenvalue weighted by molar-refractivity contribution is -0.142. The second-order valence-corrected chi connectivity index (χ2v) is 9.17. The number of carbonyl (C=O) groups is 3. The summed E-state index contributed by atoms with van der Waals surface area (Å²) in [6, 6.07) is 16.8. The molecule has 0 unspecified atom stereocenters. The van der Waals surface area contributed by atoms with Crippen molar-refractivity contribution in [3.63, 3.8) is 0 Å². The van der Waals surface area contributed by atoms with Gasteiger partial charge < -0.3 is 18.9 Å². The van der Waals surface area contributed by atoms with Crippen LogP contribution in [0, 0.1) is 11.3 Å². The molecular formula is C31H30N4O7. The average Bonchev–Trinajstić information content (AvgIpc) is 3.42. The number of amides is 2. The highest BCUT2D eigenvalue weighted by molar-refractivity contribution is 6.19. The van der Waals surface area contributed by atoms with E-state index in [1.807, 2.05) is 42.5 Å². The van der Waals surface area contributed by atoms with Crippen LogP contribution in [0.15, 0.2) is 71.4 Å². The highest BCUT2D eigenvalue weighted by Crippen LogP contribution is 2.35. The Morgan fingerprint density at radius 3 is 2.40 bits per heavy atom. The molecule has 3 aromatic rings. The summed E-state index contributed by atoms with van der Waals surface area (Å²) in [5.74, 6) is -0.638. The molecule has 1 aliphatic rings. The molecule has 11 heteroatoms. The Kier molecular flexibility index (Phi) is 9.52. The second kappa shape index (κ2) is 13.4. The Morgan fingerprint density at radius 2 is 1.74 bits per heavy atom. The van der Waals surface area contributed by atoms with Gasteiger partial charge in [0.05, 0.1) is 39.7 Å². The molecule has 2 heterocycles. The molecule has 2 amide bonds. The number of hydrogen-bond donors (Lipinski definition) is 0. The van der Waals surface area contributed by atoms with Crippen molar-refractivity contribution in [1.82, 2.24) is 14.7 Å². The van der Waals surface area contributed by atoms with Crippen molar-refractivity contribution < 1.29 is 33.3 Å². The fourth-order valence-corrected chi connectivity index (χ4v) is 4.40. The van der Waals surface area contributed by atoms with Crippen LogP contribution in [0.3, 0.4) is 0 Å². The lowest BCUT2D eigenvalue weighted by atomic mass is 9.93. The van der Waals surface area contributed by atoms with Gasteiger partial charge in [-0.1, -0.05) is 18.2 Å². The minimum Gasteiger partial charge on any atom is -0.493 e. The first-order valence-corrected chi connectivity index (χ1v) is 13.1. The van der Waals surface area contributed by atoms with Crippen molar-refractivity contribution in [2.24, 2.45) is 0 Å². The Morgan fingerprint density at radius 1 is 1.00 bits per heavy atom. The molecule has 1 aromatic heterocycles. The monoisotopic (exact) mass is 570 g/mol. The van der Waals surface area contributed by atoms with E-state index in [0.29, 0.717) is 28.3 Å². The maximum Gasteiger partial charge on any atom is 0.302 e. The van der Waals surface area contributed by atoms with Gasteiger partial charge >= 0.3 is 5.97 Å². The maximum absolute atomic E-state index is 13.6. The quantitative estimate of drug-likeness (QED) is 0.146. The highest BCUT2D eigenvalue weighted by Gasteiger charge is 2.35. The predicted molar refractivity (Wildman–Crippen MR) is 153 cm³/mol. The van der Waals surface area contributed by atoms with Gasteiger partial charge in [-0.3, -0.25) is 19.3 Å². The van der Waals surface area contributed by atoms with Gasteiger partial charge in [-0.2, -0.15) is 10.4 Å². The number of aromatic nitrogens is 2. The van der Waals surface area contributed by atoms with Gasteiger partial charge in [-0.15, -0.1) is 0 Å². The Labute approximate surface area is 243 Å². The van der Waals surface area contributed by atoms with Crippen LogP contribution in [0.1, 0.15) is 19.4 Å². The van der Waals surface area contributed by atoms with Gasteiger partial charge in [-0.05, 0) is 48.9 Å². The maximum atomic E-state index is 13.6. The highest BCUT2D eigenvalue weighted by atomic mass is 16.6. The SMILES string of the molecule is COc1ccc(-c2nn(-c3ccccc3)cc2/C=C2/C(=O)N(CCOCCOC(C)=O)C(=O)C(C#N)=C2C)cc1OC. The number of ether oxygens (including phenoxy) is 4. The molecule has 0 saturated heterocycles. The van der Waals surface area contributed by atoms with E-state index in [-0.39, 0.29) is 43.1 Å². The molecule has 0 saturated carbocycles. The van der Waals surface area contributed by atoms with Crippen LogP contribution in [0.25, 0.3) is 23.0 Å². The summed E-state index contributed by atoms with van der Waals surface area (Å²) in [5.41, 5.74) is 2.94. The number of esters is 1.